The van der Waals surface area contributed by atoms with E-state index in [0.29, 0.717) is 12.1 Å². The minimum atomic E-state index is -0.385. The standard InChI is InChI=1S/C9H11FN2/c1-2-4-8(11)9-7(10)5-3-6-12-9/h2-3,5-6,8H,1,4,11H2. The Hall–Kier alpha value is -1.22. The van der Waals surface area contributed by atoms with Gasteiger partial charge in [-0.05, 0) is 18.6 Å². The molecule has 0 fully saturated rings. The van der Waals surface area contributed by atoms with E-state index in [2.05, 4.69) is 11.6 Å². The molecule has 12 heavy (non-hydrogen) atoms. The number of hydrogen-bond donors (Lipinski definition) is 1. The summed E-state index contributed by atoms with van der Waals surface area (Å²) in [6, 6.07) is 2.51. The van der Waals surface area contributed by atoms with Crippen LogP contribution in [0.25, 0.3) is 0 Å². The fourth-order valence-electron chi connectivity index (χ4n) is 0.962. The van der Waals surface area contributed by atoms with Gasteiger partial charge in [0.05, 0.1) is 11.7 Å². The van der Waals surface area contributed by atoms with Crippen LogP contribution in [0.3, 0.4) is 0 Å². The molecule has 3 heteroatoms. The van der Waals surface area contributed by atoms with Crippen LogP contribution in [0, 0.1) is 5.82 Å². The Morgan fingerprint density at radius 1 is 1.75 bits per heavy atom. The maximum atomic E-state index is 13.0. The second kappa shape index (κ2) is 3.97. The molecule has 0 spiro atoms. The SMILES string of the molecule is C=CCC(N)c1ncccc1F. The Labute approximate surface area is 70.9 Å². The molecular formula is C9H11FN2. The number of nitrogens with zero attached hydrogens (tertiary/aromatic N) is 1. The van der Waals surface area contributed by atoms with Gasteiger partial charge in [0.1, 0.15) is 5.82 Å². The summed E-state index contributed by atoms with van der Waals surface area (Å²) in [6.07, 6.45) is 3.72. The van der Waals surface area contributed by atoms with E-state index in [-0.39, 0.29) is 11.9 Å². The summed E-state index contributed by atoms with van der Waals surface area (Å²) in [5, 5.41) is 0. The van der Waals surface area contributed by atoms with Crippen molar-refractivity contribution in [1.29, 1.82) is 0 Å². The fourth-order valence-corrected chi connectivity index (χ4v) is 0.962. The van der Waals surface area contributed by atoms with Crippen LogP contribution in [0.15, 0.2) is 31.0 Å². The predicted molar refractivity (Wildman–Crippen MR) is 45.9 cm³/mol. The molecule has 0 saturated heterocycles. The molecule has 0 aliphatic heterocycles. The molecule has 0 bridgehead atoms. The average molecular weight is 166 g/mol. The molecule has 0 aliphatic carbocycles. The van der Waals surface area contributed by atoms with E-state index in [1.54, 1.807) is 12.1 Å². The van der Waals surface area contributed by atoms with Crippen LogP contribution in [0.4, 0.5) is 4.39 Å². The van der Waals surface area contributed by atoms with Crippen molar-refractivity contribution in [2.24, 2.45) is 5.73 Å². The summed E-state index contributed by atoms with van der Waals surface area (Å²) in [4.78, 5) is 3.85. The van der Waals surface area contributed by atoms with Gasteiger partial charge in [-0.15, -0.1) is 6.58 Å². The lowest BCUT2D eigenvalue weighted by molar-refractivity contribution is 0.567. The zero-order valence-electron chi connectivity index (χ0n) is 6.70. The second-order valence-electron chi connectivity index (χ2n) is 2.50. The molecule has 1 unspecified atom stereocenters. The van der Waals surface area contributed by atoms with Crippen LogP contribution in [0.2, 0.25) is 0 Å². The molecule has 0 aliphatic rings. The highest BCUT2D eigenvalue weighted by molar-refractivity contribution is 5.11. The third kappa shape index (κ3) is 1.89. The van der Waals surface area contributed by atoms with Crippen molar-refractivity contribution in [3.8, 4) is 0 Å². The normalized spacial score (nSPS) is 12.5. The van der Waals surface area contributed by atoms with Gasteiger partial charge in [-0.1, -0.05) is 6.08 Å². The van der Waals surface area contributed by atoms with E-state index < -0.39 is 0 Å². The number of rotatable bonds is 3. The predicted octanol–water partition coefficient (Wildman–Crippen LogP) is 1.80. The van der Waals surface area contributed by atoms with E-state index in [1.165, 1.54) is 12.3 Å². The first-order valence-electron chi connectivity index (χ1n) is 3.72. The van der Waals surface area contributed by atoms with Gasteiger partial charge >= 0.3 is 0 Å². The fraction of sp³-hybridized carbons (Fsp3) is 0.222. The summed E-state index contributed by atoms with van der Waals surface area (Å²) >= 11 is 0. The third-order valence-corrected chi connectivity index (χ3v) is 1.56. The van der Waals surface area contributed by atoms with Crippen molar-refractivity contribution in [2.75, 3.05) is 0 Å². The number of aromatic nitrogens is 1. The summed E-state index contributed by atoms with van der Waals surface area (Å²) in [7, 11) is 0. The molecule has 1 aromatic heterocycles. The van der Waals surface area contributed by atoms with Gasteiger partial charge in [-0.3, -0.25) is 4.98 Å². The van der Waals surface area contributed by atoms with Crippen LogP contribution in [-0.4, -0.2) is 4.98 Å². The van der Waals surface area contributed by atoms with E-state index in [9.17, 15) is 4.39 Å². The largest absolute Gasteiger partial charge is 0.322 e. The second-order valence-corrected chi connectivity index (χ2v) is 2.50. The van der Waals surface area contributed by atoms with Gasteiger partial charge in [0.25, 0.3) is 0 Å². The van der Waals surface area contributed by atoms with E-state index in [0.717, 1.165) is 0 Å². The summed E-state index contributed by atoms with van der Waals surface area (Å²) in [6.45, 7) is 3.53. The molecule has 1 rings (SSSR count). The van der Waals surface area contributed by atoms with Crippen LogP contribution in [-0.2, 0) is 0 Å². The van der Waals surface area contributed by atoms with Gasteiger partial charge < -0.3 is 5.73 Å². The van der Waals surface area contributed by atoms with E-state index in [4.69, 9.17) is 5.73 Å². The zero-order chi connectivity index (χ0) is 8.97. The van der Waals surface area contributed by atoms with Crippen LogP contribution in [0.1, 0.15) is 18.2 Å². The van der Waals surface area contributed by atoms with Gasteiger partial charge in [0.2, 0.25) is 0 Å². The Morgan fingerprint density at radius 3 is 3.08 bits per heavy atom. The minimum Gasteiger partial charge on any atom is -0.322 e. The maximum Gasteiger partial charge on any atom is 0.146 e. The molecule has 0 amide bonds. The van der Waals surface area contributed by atoms with Gasteiger partial charge in [-0.2, -0.15) is 0 Å². The van der Waals surface area contributed by atoms with Crippen molar-refractivity contribution >= 4 is 0 Å². The summed E-state index contributed by atoms with van der Waals surface area (Å²) < 4.78 is 13.0. The molecule has 2 nitrogen and oxygen atoms in total. The lowest BCUT2D eigenvalue weighted by Gasteiger charge is -2.07. The van der Waals surface area contributed by atoms with E-state index >= 15 is 0 Å². The molecule has 0 saturated carbocycles. The van der Waals surface area contributed by atoms with Crippen molar-refractivity contribution in [2.45, 2.75) is 12.5 Å². The smallest absolute Gasteiger partial charge is 0.146 e. The lowest BCUT2D eigenvalue weighted by Crippen LogP contribution is -2.12. The average Bonchev–Trinajstić information content (AvgIpc) is 2.05. The van der Waals surface area contributed by atoms with Gasteiger partial charge in [-0.25, -0.2) is 4.39 Å². The van der Waals surface area contributed by atoms with Crippen molar-refractivity contribution in [1.82, 2.24) is 4.98 Å². The third-order valence-electron chi connectivity index (χ3n) is 1.56. The topological polar surface area (TPSA) is 38.9 Å². The van der Waals surface area contributed by atoms with Crippen LogP contribution >= 0.6 is 0 Å². The highest BCUT2D eigenvalue weighted by atomic mass is 19.1. The van der Waals surface area contributed by atoms with Crippen molar-refractivity contribution < 1.29 is 4.39 Å². The number of pyridine rings is 1. The van der Waals surface area contributed by atoms with Crippen LogP contribution < -0.4 is 5.73 Å². The van der Waals surface area contributed by atoms with Crippen molar-refractivity contribution in [3.63, 3.8) is 0 Å². The minimum absolute atomic E-state index is 0.303. The molecule has 2 N–H and O–H groups in total. The molecule has 1 heterocycles. The van der Waals surface area contributed by atoms with Gasteiger partial charge in [0, 0.05) is 6.20 Å². The molecule has 1 aromatic rings. The van der Waals surface area contributed by atoms with E-state index in [1.807, 2.05) is 0 Å². The first-order chi connectivity index (χ1) is 5.75. The maximum absolute atomic E-state index is 13.0. The number of hydrogen-bond acceptors (Lipinski definition) is 2. The quantitative estimate of drug-likeness (QED) is 0.695. The highest BCUT2D eigenvalue weighted by Crippen LogP contribution is 2.14. The number of nitrogens with two attached hydrogens (primary N) is 1. The first-order valence-corrected chi connectivity index (χ1v) is 3.72. The Balaban J connectivity index is 2.86. The molecule has 64 valence electrons. The summed E-state index contributed by atoms with van der Waals surface area (Å²) in [5.74, 6) is -0.355. The van der Waals surface area contributed by atoms with Crippen LogP contribution in [0.5, 0.6) is 0 Å². The monoisotopic (exact) mass is 166 g/mol. The first kappa shape index (κ1) is 8.87. The Morgan fingerprint density at radius 2 is 2.50 bits per heavy atom. The van der Waals surface area contributed by atoms with Crippen molar-refractivity contribution in [3.05, 3.63) is 42.5 Å². The Kier molecular flexibility index (Phi) is 2.94. The molecular weight excluding hydrogens is 155 g/mol. The highest BCUT2D eigenvalue weighted by Gasteiger charge is 2.09. The Bertz CT molecular complexity index is 273. The molecule has 0 aromatic carbocycles. The molecule has 1 atom stereocenters. The summed E-state index contributed by atoms with van der Waals surface area (Å²) in [5.41, 5.74) is 5.94. The lowest BCUT2D eigenvalue weighted by atomic mass is 10.1. The van der Waals surface area contributed by atoms with Gasteiger partial charge in [0.15, 0.2) is 0 Å². The molecule has 0 radical (unpaired) electrons. The number of halogens is 1. The zero-order valence-corrected chi connectivity index (χ0v) is 6.70.